The van der Waals surface area contributed by atoms with Gasteiger partial charge in [0.1, 0.15) is 6.61 Å². The van der Waals surface area contributed by atoms with E-state index in [9.17, 15) is 9.90 Å². The normalized spacial score (nSPS) is 10.3. The molecule has 1 heterocycles. The number of aliphatic hydroxyl groups is 1. The second-order valence-corrected chi connectivity index (χ2v) is 3.83. The van der Waals surface area contributed by atoms with E-state index in [0.29, 0.717) is 12.2 Å². The van der Waals surface area contributed by atoms with E-state index in [4.69, 9.17) is 4.52 Å². The number of aliphatic hydroxyl groups excluding tert-OH is 1. The van der Waals surface area contributed by atoms with Gasteiger partial charge in [-0.3, -0.25) is 14.6 Å². The van der Waals surface area contributed by atoms with Crippen molar-refractivity contribution in [2.24, 2.45) is 0 Å². The molecule has 1 aromatic carbocycles. The van der Waals surface area contributed by atoms with Gasteiger partial charge in [0, 0.05) is 12.5 Å². The van der Waals surface area contributed by atoms with Crippen molar-refractivity contribution < 1.29 is 19.1 Å². The van der Waals surface area contributed by atoms with Gasteiger partial charge in [0.05, 0.1) is 0 Å². The molecule has 6 heteroatoms. The monoisotopic (exact) mass is 248 g/mol. The molecule has 0 spiro atoms. The number of hydrogen-bond acceptors (Lipinski definition) is 4. The minimum Gasteiger partial charge on any atom is -0.385 e. The first-order valence-corrected chi connectivity index (χ1v) is 5.51. The Morgan fingerprint density at radius 3 is 2.78 bits per heavy atom. The third kappa shape index (κ3) is 2.72. The molecule has 0 radical (unpaired) electrons. The molecule has 0 aliphatic carbocycles. The van der Waals surface area contributed by atoms with Gasteiger partial charge >= 0.3 is 5.88 Å². The molecule has 0 saturated heterocycles. The van der Waals surface area contributed by atoms with Crippen LogP contribution >= 0.6 is 0 Å². The zero-order valence-corrected chi connectivity index (χ0v) is 9.96. The number of amides is 1. The number of rotatable bonds is 4. The highest BCUT2D eigenvalue weighted by Crippen LogP contribution is 2.10. The highest BCUT2D eigenvalue weighted by atomic mass is 16.5. The highest BCUT2D eigenvalue weighted by molar-refractivity contribution is 5.87. The number of hydrogen-bond donors (Lipinski definition) is 2. The first-order chi connectivity index (χ1) is 8.70. The van der Waals surface area contributed by atoms with E-state index >= 15 is 0 Å². The van der Waals surface area contributed by atoms with E-state index in [2.05, 4.69) is 10.6 Å². The topological polar surface area (TPSA) is 79.2 Å². The van der Waals surface area contributed by atoms with E-state index < -0.39 is 0 Å². The summed E-state index contributed by atoms with van der Waals surface area (Å²) in [4.78, 5) is 11.0. The number of benzene rings is 1. The van der Waals surface area contributed by atoms with Crippen molar-refractivity contribution in [1.29, 1.82) is 0 Å². The molecule has 18 heavy (non-hydrogen) atoms. The molecule has 6 nitrogen and oxygen atoms in total. The Balaban J connectivity index is 2.23. The Labute approximate surface area is 104 Å². The Morgan fingerprint density at radius 1 is 1.44 bits per heavy atom. The van der Waals surface area contributed by atoms with Gasteiger partial charge in [0.2, 0.25) is 17.7 Å². The maximum atomic E-state index is 11.0. The summed E-state index contributed by atoms with van der Waals surface area (Å²) in [5.74, 6) is -0.0892. The van der Waals surface area contributed by atoms with Crippen LogP contribution < -0.4 is 10.00 Å². The molecule has 1 amide bonds. The molecule has 0 aliphatic heterocycles. The zero-order valence-electron chi connectivity index (χ0n) is 9.96. The third-order valence-electron chi connectivity index (χ3n) is 2.42. The number of carbonyl (C=O) groups excluding carboxylic acids is 1. The number of nitrogens with one attached hydrogen (secondary N) is 1. The van der Waals surface area contributed by atoms with Crippen LogP contribution in [0.3, 0.4) is 0 Å². The smallest absolute Gasteiger partial charge is 0.308 e. The van der Waals surface area contributed by atoms with E-state index in [1.54, 1.807) is 0 Å². The first-order valence-electron chi connectivity index (χ1n) is 5.51. The van der Waals surface area contributed by atoms with E-state index in [-0.39, 0.29) is 18.4 Å². The fraction of sp³-hybridized carbons (Fsp3) is 0.250. The van der Waals surface area contributed by atoms with Crippen molar-refractivity contribution in [3.63, 3.8) is 0 Å². The predicted molar refractivity (Wildman–Crippen MR) is 62.5 cm³/mol. The molecule has 0 aliphatic rings. The van der Waals surface area contributed by atoms with Crippen LogP contribution in [0.2, 0.25) is 0 Å². The third-order valence-corrected chi connectivity index (χ3v) is 2.42. The molecule has 2 rings (SSSR count). The van der Waals surface area contributed by atoms with Gasteiger partial charge in [0.15, 0.2) is 0 Å². The van der Waals surface area contributed by atoms with E-state index in [1.807, 2.05) is 30.3 Å². The van der Waals surface area contributed by atoms with Crippen molar-refractivity contribution in [2.75, 3.05) is 5.32 Å². The maximum Gasteiger partial charge on any atom is 0.308 e. The summed E-state index contributed by atoms with van der Waals surface area (Å²) in [7, 11) is 0. The molecule has 2 aromatic rings. The zero-order chi connectivity index (χ0) is 13.0. The minimum absolute atomic E-state index is 0.181. The van der Waals surface area contributed by atoms with Crippen LogP contribution in [0.25, 0.3) is 0 Å². The molecule has 1 aromatic heterocycles. The van der Waals surface area contributed by atoms with Crippen LogP contribution in [0.15, 0.2) is 34.9 Å². The van der Waals surface area contributed by atoms with Gasteiger partial charge in [-0.15, -0.1) is 0 Å². The molecule has 0 saturated carbocycles. The summed E-state index contributed by atoms with van der Waals surface area (Å²) in [6.07, 6.45) is 0. The average molecular weight is 248 g/mol. The number of carbonyl (C=O) groups is 1. The summed E-state index contributed by atoms with van der Waals surface area (Å²) >= 11 is 0. The Hall–Kier alpha value is -2.21. The molecule has 0 unspecified atom stereocenters. The second-order valence-electron chi connectivity index (χ2n) is 3.83. The Morgan fingerprint density at radius 2 is 2.17 bits per heavy atom. The molecule has 0 fully saturated rings. The molecule has 0 atom stereocenters. The lowest BCUT2D eigenvalue weighted by Gasteiger charge is -1.95. The van der Waals surface area contributed by atoms with Crippen molar-refractivity contribution >= 4 is 11.8 Å². The van der Waals surface area contributed by atoms with E-state index in [0.717, 1.165) is 5.56 Å². The second kappa shape index (κ2) is 5.42. The first kappa shape index (κ1) is 12.3. The standard InChI is InChI=1S/C12H13N3O3/c1-9(17)13-12-11(8-16)15(14-18-12)7-10-5-3-2-4-6-10/h2-6,16H,7-8H2,1H3/p+1. The average Bonchev–Trinajstić information content (AvgIpc) is 2.72. The number of aromatic nitrogens is 2. The van der Waals surface area contributed by atoms with Gasteiger partial charge in [-0.2, -0.15) is 0 Å². The van der Waals surface area contributed by atoms with Gasteiger partial charge < -0.3 is 5.11 Å². The van der Waals surface area contributed by atoms with E-state index in [1.165, 1.54) is 11.6 Å². The van der Waals surface area contributed by atoms with Crippen LogP contribution in [0.5, 0.6) is 0 Å². The fourth-order valence-electron chi connectivity index (χ4n) is 1.60. The Bertz CT molecular complexity index is 537. The van der Waals surface area contributed by atoms with Crippen molar-refractivity contribution in [3.05, 3.63) is 41.6 Å². The van der Waals surface area contributed by atoms with Gasteiger partial charge in [-0.25, -0.2) is 0 Å². The van der Waals surface area contributed by atoms with Crippen LogP contribution in [0.1, 0.15) is 18.2 Å². The van der Waals surface area contributed by atoms with Gasteiger partial charge in [-0.1, -0.05) is 30.3 Å². The lowest BCUT2D eigenvalue weighted by Crippen LogP contribution is -2.40. The summed E-state index contributed by atoms with van der Waals surface area (Å²) in [5.41, 5.74) is 1.47. The van der Waals surface area contributed by atoms with Gasteiger partial charge in [0.25, 0.3) is 5.69 Å². The summed E-state index contributed by atoms with van der Waals surface area (Å²) < 4.78 is 6.51. The molecular formula is C12H14N3O3+. The van der Waals surface area contributed by atoms with Crippen LogP contribution in [0.4, 0.5) is 5.88 Å². The minimum atomic E-state index is -0.271. The van der Waals surface area contributed by atoms with Crippen LogP contribution in [-0.4, -0.2) is 16.3 Å². The number of anilines is 1. The summed E-state index contributed by atoms with van der Waals surface area (Å²) in [5, 5.41) is 15.6. The fourth-order valence-corrected chi connectivity index (χ4v) is 1.60. The predicted octanol–water partition coefficient (Wildman–Crippen LogP) is 0.461. The maximum absolute atomic E-state index is 11.0. The lowest BCUT2D eigenvalue weighted by molar-refractivity contribution is -0.762. The molecule has 94 valence electrons. The SMILES string of the molecule is CC(=O)Nc1on[n+](Cc2ccccc2)c1CO. The largest absolute Gasteiger partial charge is 0.385 e. The highest BCUT2D eigenvalue weighted by Gasteiger charge is 2.24. The molecular weight excluding hydrogens is 234 g/mol. The van der Waals surface area contributed by atoms with Gasteiger partial charge in [-0.05, 0) is 4.68 Å². The van der Waals surface area contributed by atoms with Crippen molar-refractivity contribution in [1.82, 2.24) is 5.27 Å². The summed E-state index contributed by atoms with van der Waals surface area (Å²) in [6, 6.07) is 9.65. The van der Waals surface area contributed by atoms with Crippen molar-refractivity contribution in [3.8, 4) is 0 Å². The number of nitrogens with zero attached hydrogens (tertiary/aromatic N) is 2. The quantitative estimate of drug-likeness (QED) is 0.770. The Kier molecular flexibility index (Phi) is 3.69. The van der Waals surface area contributed by atoms with Crippen molar-refractivity contribution in [2.45, 2.75) is 20.1 Å². The summed E-state index contributed by atoms with van der Waals surface area (Å²) in [6.45, 7) is 1.58. The molecule has 2 N–H and O–H groups in total. The van der Waals surface area contributed by atoms with Crippen LogP contribution in [0, 0.1) is 0 Å². The lowest BCUT2D eigenvalue weighted by atomic mass is 10.2. The van der Waals surface area contributed by atoms with Crippen LogP contribution in [-0.2, 0) is 17.9 Å². The molecule has 0 bridgehead atoms.